The molecule has 0 atom stereocenters. The van der Waals surface area contributed by atoms with Crippen molar-refractivity contribution in [2.24, 2.45) is 0 Å². The molecule has 2 aromatic heterocycles. The number of nitrogens with zero attached hydrogens (tertiary/aromatic N) is 2. The highest BCUT2D eigenvalue weighted by Crippen LogP contribution is 2.18. The number of pyridine rings is 1. The number of nitrogens with one attached hydrogen (secondary N) is 1. The van der Waals surface area contributed by atoms with Crippen LogP contribution in [0.1, 0.15) is 34.5 Å². The number of hydrogen-bond acceptors (Lipinski definition) is 5. The smallest absolute Gasteiger partial charge is 0.287 e. The van der Waals surface area contributed by atoms with E-state index in [1.165, 1.54) is 19.1 Å². The molecule has 144 valence electrons. The molecule has 1 aliphatic rings. The summed E-state index contributed by atoms with van der Waals surface area (Å²) in [5, 5.41) is 2.89. The van der Waals surface area contributed by atoms with Crippen LogP contribution in [0.5, 0.6) is 5.75 Å². The van der Waals surface area contributed by atoms with Gasteiger partial charge in [0.1, 0.15) is 18.2 Å². The van der Waals surface area contributed by atoms with Gasteiger partial charge in [-0.15, -0.1) is 0 Å². The molecule has 0 aliphatic carbocycles. The molecular weight excluding hydrogens is 354 g/mol. The fourth-order valence-corrected chi connectivity index (χ4v) is 3.24. The maximum Gasteiger partial charge on any atom is 0.287 e. The second-order valence-corrected chi connectivity index (χ2v) is 6.78. The first kappa shape index (κ1) is 18.1. The van der Waals surface area contributed by atoms with Crippen molar-refractivity contribution in [1.29, 1.82) is 0 Å². The molecule has 1 aliphatic heterocycles. The number of anilines is 1. The number of carbonyl (C=O) groups excluding carboxylic acids is 1. The molecule has 6 nitrogen and oxygen atoms in total. The molecule has 3 heterocycles. The topological polar surface area (TPSA) is 67.6 Å². The van der Waals surface area contributed by atoms with E-state index in [1.54, 1.807) is 6.07 Å². The molecule has 0 spiro atoms. The van der Waals surface area contributed by atoms with Gasteiger partial charge >= 0.3 is 0 Å². The van der Waals surface area contributed by atoms with E-state index < -0.39 is 0 Å². The number of rotatable bonds is 7. The molecule has 0 radical (unpaired) electrons. The Kier molecular flexibility index (Phi) is 5.56. The molecular formula is C22H23N3O3. The van der Waals surface area contributed by atoms with Crippen molar-refractivity contribution in [2.75, 3.05) is 18.0 Å². The number of ether oxygens (including phenoxy) is 1. The van der Waals surface area contributed by atoms with Crippen LogP contribution in [0.15, 0.2) is 65.4 Å². The Labute approximate surface area is 164 Å². The van der Waals surface area contributed by atoms with E-state index in [0.717, 1.165) is 30.2 Å². The molecule has 4 rings (SSSR count). The van der Waals surface area contributed by atoms with Gasteiger partial charge in [-0.05, 0) is 42.7 Å². The van der Waals surface area contributed by atoms with Crippen molar-refractivity contribution in [3.8, 4) is 5.75 Å². The van der Waals surface area contributed by atoms with Gasteiger partial charge in [0.05, 0.1) is 6.26 Å². The number of carbonyl (C=O) groups is 1. The molecule has 1 saturated heterocycles. The number of hydrogen-bond donors (Lipinski definition) is 1. The summed E-state index contributed by atoms with van der Waals surface area (Å²) in [6.07, 6.45) is 5.76. The molecule has 1 N–H and O–H groups in total. The summed E-state index contributed by atoms with van der Waals surface area (Å²) in [4.78, 5) is 19.3. The average molecular weight is 377 g/mol. The molecule has 1 fully saturated rings. The van der Waals surface area contributed by atoms with Crippen LogP contribution in [0.2, 0.25) is 0 Å². The van der Waals surface area contributed by atoms with Gasteiger partial charge in [0.15, 0.2) is 5.76 Å². The van der Waals surface area contributed by atoms with Crippen LogP contribution < -0.4 is 15.0 Å². The summed E-state index contributed by atoms with van der Waals surface area (Å²) in [7, 11) is 0. The first-order chi connectivity index (χ1) is 13.8. The molecule has 0 unspecified atom stereocenters. The Morgan fingerprint density at radius 1 is 1.11 bits per heavy atom. The van der Waals surface area contributed by atoms with E-state index in [0.29, 0.717) is 12.1 Å². The van der Waals surface area contributed by atoms with Crippen LogP contribution in [0.4, 0.5) is 5.82 Å². The van der Waals surface area contributed by atoms with E-state index in [2.05, 4.69) is 15.2 Å². The predicted molar refractivity (Wildman–Crippen MR) is 106 cm³/mol. The maximum atomic E-state index is 12.5. The van der Waals surface area contributed by atoms with Crippen molar-refractivity contribution in [3.05, 3.63) is 77.9 Å². The van der Waals surface area contributed by atoms with E-state index in [9.17, 15) is 4.79 Å². The van der Waals surface area contributed by atoms with Gasteiger partial charge < -0.3 is 19.4 Å². The highest BCUT2D eigenvalue weighted by molar-refractivity contribution is 5.92. The zero-order valence-corrected chi connectivity index (χ0v) is 15.6. The lowest BCUT2D eigenvalue weighted by atomic mass is 10.2. The third-order valence-corrected chi connectivity index (χ3v) is 4.78. The summed E-state index contributed by atoms with van der Waals surface area (Å²) in [5.74, 6) is 1.76. The quantitative estimate of drug-likeness (QED) is 0.679. The van der Waals surface area contributed by atoms with Crippen LogP contribution in [0, 0.1) is 0 Å². The van der Waals surface area contributed by atoms with E-state index in [-0.39, 0.29) is 18.3 Å². The van der Waals surface area contributed by atoms with Crippen molar-refractivity contribution in [1.82, 2.24) is 10.3 Å². The van der Waals surface area contributed by atoms with Gasteiger partial charge in [-0.1, -0.05) is 24.3 Å². The van der Waals surface area contributed by atoms with Crippen LogP contribution in [-0.4, -0.2) is 24.0 Å². The Morgan fingerprint density at radius 3 is 2.68 bits per heavy atom. The third kappa shape index (κ3) is 4.34. The number of aromatic nitrogens is 1. The minimum atomic E-state index is -0.264. The molecule has 3 aromatic rings. The molecule has 28 heavy (non-hydrogen) atoms. The summed E-state index contributed by atoms with van der Waals surface area (Å²) < 4.78 is 11.1. The van der Waals surface area contributed by atoms with E-state index >= 15 is 0 Å². The molecule has 6 heteroatoms. The SMILES string of the molecule is O=C(NCc1ccc(N2CCCC2)nc1)c1occc1COc1ccccc1. The Balaban J connectivity index is 1.32. The normalized spacial score (nSPS) is 13.5. The Bertz CT molecular complexity index is 900. The van der Waals surface area contributed by atoms with Crippen molar-refractivity contribution >= 4 is 11.7 Å². The lowest BCUT2D eigenvalue weighted by Gasteiger charge is -2.16. The molecule has 0 bridgehead atoms. The zero-order valence-electron chi connectivity index (χ0n) is 15.6. The fourth-order valence-electron chi connectivity index (χ4n) is 3.24. The van der Waals surface area contributed by atoms with Crippen molar-refractivity contribution < 1.29 is 13.9 Å². The van der Waals surface area contributed by atoms with Crippen LogP contribution >= 0.6 is 0 Å². The van der Waals surface area contributed by atoms with Gasteiger partial charge in [-0.2, -0.15) is 0 Å². The average Bonchev–Trinajstić information content (AvgIpc) is 3.44. The van der Waals surface area contributed by atoms with Gasteiger partial charge in [0, 0.05) is 31.4 Å². The minimum Gasteiger partial charge on any atom is -0.489 e. The van der Waals surface area contributed by atoms with Crippen LogP contribution in [0.3, 0.4) is 0 Å². The van der Waals surface area contributed by atoms with Gasteiger partial charge in [0.25, 0.3) is 5.91 Å². The van der Waals surface area contributed by atoms with Gasteiger partial charge in [-0.3, -0.25) is 4.79 Å². The number of para-hydroxylation sites is 1. The summed E-state index contributed by atoms with van der Waals surface area (Å²) in [6.45, 7) is 2.80. The maximum absolute atomic E-state index is 12.5. The van der Waals surface area contributed by atoms with E-state index in [1.807, 2.05) is 48.7 Å². The number of benzene rings is 1. The highest BCUT2D eigenvalue weighted by Gasteiger charge is 2.16. The predicted octanol–water partition coefficient (Wildman–Crippen LogP) is 3.78. The highest BCUT2D eigenvalue weighted by atomic mass is 16.5. The lowest BCUT2D eigenvalue weighted by molar-refractivity contribution is 0.0919. The van der Waals surface area contributed by atoms with Crippen LogP contribution in [-0.2, 0) is 13.2 Å². The second-order valence-electron chi connectivity index (χ2n) is 6.78. The third-order valence-electron chi connectivity index (χ3n) is 4.78. The summed E-state index contributed by atoms with van der Waals surface area (Å²) in [5.41, 5.74) is 1.66. The largest absolute Gasteiger partial charge is 0.489 e. The minimum absolute atomic E-state index is 0.264. The Morgan fingerprint density at radius 2 is 1.93 bits per heavy atom. The number of amides is 1. The first-order valence-electron chi connectivity index (χ1n) is 9.52. The van der Waals surface area contributed by atoms with Crippen molar-refractivity contribution in [2.45, 2.75) is 26.0 Å². The standard InChI is InChI=1S/C22H23N3O3/c26-22(21-18(10-13-27-21)16-28-19-6-2-1-3-7-19)24-15-17-8-9-20(23-14-17)25-11-4-5-12-25/h1-3,6-10,13-14H,4-5,11-12,15-16H2,(H,24,26). The second kappa shape index (κ2) is 8.61. The van der Waals surface area contributed by atoms with Gasteiger partial charge in [0.2, 0.25) is 0 Å². The number of furan rings is 1. The van der Waals surface area contributed by atoms with Gasteiger partial charge in [-0.25, -0.2) is 4.98 Å². The van der Waals surface area contributed by atoms with Crippen LogP contribution in [0.25, 0.3) is 0 Å². The molecule has 0 saturated carbocycles. The van der Waals surface area contributed by atoms with Crippen molar-refractivity contribution in [3.63, 3.8) is 0 Å². The summed E-state index contributed by atoms with van der Waals surface area (Å²) >= 11 is 0. The zero-order chi connectivity index (χ0) is 19.2. The monoisotopic (exact) mass is 377 g/mol. The Hall–Kier alpha value is -3.28. The molecule has 1 aromatic carbocycles. The van der Waals surface area contributed by atoms with E-state index in [4.69, 9.17) is 9.15 Å². The lowest BCUT2D eigenvalue weighted by Crippen LogP contribution is -2.24. The molecule has 1 amide bonds. The summed E-state index contributed by atoms with van der Waals surface area (Å²) in [6, 6.07) is 15.3. The fraction of sp³-hybridized carbons (Fsp3) is 0.273. The first-order valence-corrected chi connectivity index (χ1v) is 9.52.